The molecule has 0 fully saturated rings. The van der Waals surface area contributed by atoms with E-state index in [-0.39, 0.29) is 5.91 Å². The van der Waals surface area contributed by atoms with Crippen molar-refractivity contribution in [1.82, 2.24) is 15.2 Å². The van der Waals surface area contributed by atoms with Crippen molar-refractivity contribution in [2.75, 3.05) is 17.8 Å². The number of carbonyl (C=O) groups is 1. The van der Waals surface area contributed by atoms with Gasteiger partial charge in [0.2, 0.25) is 23.2 Å². The highest BCUT2D eigenvalue weighted by molar-refractivity contribution is 7.99. The van der Waals surface area contributed by atoms with Gasteiger partial charge in [0.05, 0.1) is 18.4 Å². The molecule has 2 heterocycles. The summed E-state index contributed by atoms with van der Waals surface area (Å²) in [5.41, 5.74) is 2.64. The second-order valence-electron chi connectivity index (χ2n) is 6.30. The molecular weight excluding hydrogens is 388 g/mol. The van der Waals surface area contributed by atoms with Crippen LogP contribution in [0.5, 0.6) is 11.6 Å². The quantitative estimate of drug-likeness (QED) is 0.601. The average molecular weight is 408 g/mol. The molecular formula is C21H20N4O3S. The van der Waals surface area contributed by atoms with E-state index in [4.69, 9.17) is 9.47 Å². The van der Waals surface area contributed by atoms with Crippen LogP contribution in [0.25, 0.3) is 11.3 Å². The summed E-state index contributed by atoms with van der Waals surface area (Å²) in [6.45, 7) is 3.53. The molecule has 0 N–H and O–H groups in total. The highest BCUT2D eigenvalue weighted by Gasteiger charge is 2.35. The van der Waals surface area contributed by atoms with E-state index < -0.39 is 6.23 Å². The van der Waals surface area contributed by atoms with Crippen molar-refractivity contribution >= 4 is 23.4 Å². The minimum absolute atomic E-state index is 0.169. The summed E-state index contributed by atoms with van der Waals surface area (Å²) in [5.74, 6) is 1.60. The molecule has 4 rings (SSSR count). The van der Waals surface area contributed by atoms with Gasteiger partial charge >= 0.3 is 0 Å². The predicted molar refractivity (Wildman–Crippen MR) is 111 cm³/mol. The number of thioether (sulfide) groups is 1. The number of para-hydroxylation sites is 2. The van der Waals surface area contributed by atoms with Gasteiger partial charge in [-0.3, -0.25) is 9.69 Å². The predicted octanol–water partition coefficient (Wildman–Crippen LogP) is 4.10. The van der Waals surface area contributed by atoms with Gasteiger partial charge in [-0.1, -0.05) is 49.0 Å². The summed E-state index contributed by atoms with van der Waals surface area (Å²) in [6, 6.07) is 15.0. The third kappa shape index (κ3) is 3.51. The Bertz CT molecular complexity index is 1060. The Morgan fingerprint density at radius 1 is 1.17 bits per heavy atom. The summed E-state index contributed by atoms with van der Waals surface area (Å²) in [6.07, 6.45) is -0.762. The van der Waals surface area contributed by atoms with Crippen LogP contribution in [0.1, 0.15) is 25.6 Å². The summed E-state index contributed by atoms with van der Waals surface area (Å²) in [4.78, 5) is 18.9. The number of hydrogen-bond donors (Lipinski definition) is 0. The SMILES string of the molecule is CCSc1nnc2c(n1)OC(c1ccccc1OC)N(C(C)=O)c1ccccc1-2. The standard InChI is InChI=1S/C21H20N4O3S/c1-4-29-21-22-19-18(23-24-21)14-9-5-7-11-16(14)25(13(2)26)20(28-19)15-10-6-8-12-17(15)27-3/h5-12,20H,4H2,1-3H3. The zero-order chi connectivity index (χ0) is 20.4. The Kier molecular flexibility index (Phi) is 5.35. The van der Waals surface area contributed by atoms with Crippen LogP contribution in [0.4, 0.5) is 5.69 Å². The first kappa shape index (κ1) is 19.2. The van der Waals surface area contributed by atoms with E-state index in [0.717, 1.165) is 16.9 Å². The lowest BCUT2D eigenvalue weighted by Gasteiger charge is -2.30. The molecule has 0 spiro atoms. The van der Waals surface area contributed by atoms with Crippen LogP contribution in [0, 0.1) is 0 Å². The van der Waals surface area contributed by atoms with Crippen LogP contribution >= 0.6 is 11.8 Å². The van der Waals surface area contributed by atoms with Crippen molar-refractivity contribution in [2.24, 2.45) is 0 Å². The molecule has 0 radical (unpaired) electrons. The molecule has 1 aromatic heterocycles. The zero-order valence-corrected chi connectivity index (χ0v) is 17.1. The third-order valence-electron chi connectivity index (χ3n) is 4.53. The Balaban J connectivity index is 1.97. The molecule has 1 aliphatic heterocycles. The van der Waals surface area contributed by atoms with Crippen LogP contribution in [0.3, 0.4) is 0 Å². The van der Waals surface area contributed by atoms with Gasteiger partial charge in [0.1, 0.15) is 5.75 Å². The maximum Gasteiger partial charge on any atom is 0.247 e. The monoisotopic (exact) mass is 408 g/mol. The summed E-state index contributed by atoms with van der Waals surface area (Å²) in [7, 11) is 1.59. The van der Waals surface area contributed by atoms with E-state index in [1.54, 1.807) is 12.0 Å². The van der Waals surface area contributed by atoms with Gasteiger partial charge in [0.25, 0.3) is 0 Å². The highest BCUT2D eigenvalue weighted by Crippen LogP contribution is 2.44. The minimum Gasteiger partial charge on any atom is -0.496 e. The Labute approximate surface area is 173 Å². The number of hydrogen-bond acceptors (Lipinski definition) is 7. The first-order valence-corrected chi connectivity index (χ1v) is 10.2. The van der Waals surface area contributed by atoms with Gasteiger partial charge < -0.3 is 9.47 Å². The lowest BCUT2D eigenvalue weighted by atomic mass is 10.1. The number of rotatable bonds is 4. The average Bonchev–Trinajstić information content (AvgIpc) is 2.88. The van der Waals surface area contributed by atoms with Gasteiger partial charge in [-0.25, -0.2) is 0 Å². The van der Waals surface area contributed by atoms with Crippen LogP contribution < -0.4 is 14.4 Å². The molecule has 7 nitrogen and oxygen atoms in total. The van der Waals surface area contributed by atoms with Crippen molar-refractivity contribution in [2.45, 2.75) is 25.2 Å². The topological polar surface area (TPSA) is 77.4 Å². The molecule has 0 saturated carbocycles. The number of nitrogens with zero attached hydrogens (tertiary/aromatic N) is 4. The number of amides is 1. The second-order valence-corrected chi connectivity index (χ2v) is 7.53. The van der Waals surface area contributed by atoms with Crippen LogP contribution in [-0.2, 0) is 4.79 Å². The molecule has 8 heteroatoms. The van der Waals surface area contributed by atoms with Crippen molar-refractivity contribution in [1.29, 1.82) is 0 Å². The normalized spacial score (nSPS) is 15.0. The number of carbonyl (C=O) groups excluding carboxylic acids is 1. The van der Waals surface area contributed by atoms with Gasteiger partial charge in [-0.05, 0) is 24.0 Å². The number of anilines is 1. The van der Waals surface area contributed by atoms with Crippen LogP contribution in [-0.4, -0.2) is 34.0 Å². The number of methoxy groups -OCH3 is 1. The van der Waals surface area contributed by atoms with Gasteiger partial charge in [-0.2, -0.15) is 4.98 Å². The van der Waals surface area contributed by atoms with Crippen molar-refractivity contribution < 1.29 is 14.3 Å². The summed E-state index contributed by atoms with van der Waals surface area (Å²) in [5, 5.41) is 9.12. The first-order valence-electron chi connectivity index (χ1n) is 9.20. The first-order chi connectivity index (χ1) is 14.1. The zero-order valence-electron chi connectivity index (χ0n) is 16.3. The van der Waals surface area contributed by atoms with Gasteiger partial charge in [0.15, 0.2) is 5.69 Å². The second kappa shape index (κ2) is 8.08. The van der Waals surface area contributed by atoms with E-state index in [1.165, 1.54) is 18.7 Å². The smallest absolute Gasteiger partial charge is 0.247 e. The number of benzene rings is 2. The fourth-order valence-electron chi connectivity index (χ4n) is 3.32. The van der Waals surface area contributed by atoms with Crippen molar-refractivity contribution in [3.05, 3.63) is 54.1 Å². The highest BCUT2D eigenvalue weighted by atomic mass is 32.2. The molecule has 0 aliphatic carbocycles. The van der Waals surface area contributed by atoms with Crippen LogP contribution in [0.2, 0.25) is 0 Å². The molecule has 1 unspecified atom stereocenters. The maximum atomic E-state index is 12.8. The van der Waals surface area contributed by atoms with E-state index in [2.05, 4.69) is 15.2 Å². The van der Waals surface area contributed by atoms with E-state index in [9.17, 15) is 4.79 Å². The number of fused-ring (bicyclic) bond motifs is 3. The van der Waals surface area contributed by atoms with Crippen molar-refractivity contribution in [3.63, 3.8) is 0 Å². The van der Waals surface area contributed by atoms with E-state index in [1.807, 2.05) is 55.5 Å². The third-order valence-corrected chi connectivity index (χ3v) is 5.25. The van der Waals surface area contributed by atoms with E-state index in [0.29, 0.717) is 28.2 Å². The Morgan fingerprint density at radius 3 is 2.69 bits per heavy atom. The fraction of sp³-hybridized carbons (Fsp3) is 0.238. The molecule has 1 atom stereocenters. The molecule has 1 aliphatic rings. The fourth-order valence-corrected chi connectivity index (χ4v) is 3.82. The molecule has 0 saturated heterocycles. The summed E-state index contributed by atoms with van der Waals surface area (Å²) < 4.78 is 11.9. The molecule has 148 valence electrons. The molecule has 29 heavy (non-hydrogen) atoms. The lowest BCUT2D eigenvalue weighted by molar-refractivity contribution is -0.118. The minimum atomic E-state index is -0.762. The molecule has 1 amide bonds. The lowest BCUT2D eigenvalue weighted by Crippen LogP contribution is -2.36. The van der Waals surface area contributed by atoms with E-state index >= 15 is 0 Å². The molecule has 0 bridgehead atoms. The van der Waals surface area contributed by atoms with Crippen LogP contribution in [0.15, 0.2) is 53.7 Å². The van der Waals surface area contributed by atoms with Gasteiger partial charge in [-0.15, -0.1) is 10.2 Å². The summed E-state index contributed by atoms with van der Waals surface area (Å²) >= 11 is 1.48. The number of aromatic nitrogens is 3. The van der Waals surface area contributed by atoms with Gasteiger partial charge in [0, 0.05) is 12.5 Å². The number of ether oxygens (including phenoxy) is 2. The Morgan fingerprint density at radius 2 is 1.93 bits per heavy atom. The molecule has 2 aromatic carbocycles. The van der Waals surface area contributed by atoms with Crippen molar-refractivity contribution in [3.8, 4) is 22.9 Å². The largest absolute Gasteiger partial charge is 0.496 e. The Hall–Kier alpha value is -3.13. The maximum absolute atomic E-state index is 12.8. The molecule has 3 aromatic rings.